The van der Waals surface area contributed by atoms with Gasteiger partial charge in [0.15, 0.2) is 0 Å². The third-order valence-electron chi connectivity index (χ3n) is 3.39. The van der Waals surface area contributed by atoms with E-state index in [-0.39, 0.29) is 5.70 Å². The van der Waals surface area contributed by atoms with Gasteiger partial charge < -0.3 is 0 Å². The van der Waals surface area contributed by atoms with Crippen LogP contribution in [0.5, 0.6) is 5.75 Å². The second-order valence-electron chi connectivity index (χ2n) is 7.80. The Morgan fingerprint density at radius 2 is 1.72 bits per heavy atom. The fraction of sp³-hybridized carbons (Fsp3) is 0.444. The van der Waals surface area contributed by atoms with Gasteiger partial charge in [0.1, 0.15) is 0 Å². The summed E-state index contributed by atoms with van der Waals surface area (Å²) in [6.07, 6.45) is -0.628. The van der Waals surface area contributed by atoms with E-state index in [9.17, 15) is 9.59 Å². The van der Waals surface area contributed by atoms with Crippen LogP contribution in [0.25, 0.3) is 0 Å². The van der Waals surface area contributed by atoms with Crippen LogP contribution in [0.2, 0.25) is 14.8 Å². The number of amides is 1. The van der Waals surface area contributed by atoms with Gasteiger partial charge in [-0.2, -0.15) is 0 Å². The van der Waals surface area contributed by atoms with Crippen LogP contribution in [0.3, 0.4) is 0 Å². The molecule has 0 atom stereocenters. The molecule has 0 fully saturated rings. The van der Waals surface area contributed by atoms with Crippen molar-refractivity contribution >= 4 is 36.1 Å². The molecule has 1 amide bonds. The molecule has 1 aliphatic rings. The summed E-state index contributed by atoms with van der Waals surface area (Å²) in [5.41, 5.74) is -0.105. The minimum absolute atomic E-state index is 0.124. The van der Waals surface area contributed by atoms with Crippen molar-refractivity contribution in [1.82, 2.24) is 0 Å². The molecule has 2 rings (SSSR count). The number of carbonyl (C=O) groups excluding carboxylic acids is 2. The first-order valence-electron chi connectivity index (χ1n) is 8.09. The molecule has 7 heteroatoms. The van der Waals surface area contributed by atoms with Gasteiger partial charge in [-0.3, -0.25) is 0 Å². The van der Waals surface area contributed by atoms with Crippen LogP contribution in [0.1, 0.15) is 20.8 Å². The first kappa shape index (κ1) is 19.6. The van der Waals surface area contributed by atoms with Crippen LogP contribution >= 0.6 is 0 Å². The molecule has 0 saturated carbocycles. The molecule has 0 bridgehead atoms. The molecule has 0 unspecified atom stereocenters. The van der Waals surface area contributed by atoms with E-state index in [1.54, 1.807) is 39.0 Å². The number of esters is 1. The molecule has 136 valence electrons. The predicted octanol–water partition coefficient (Wildman–Crippen LogP) is 4.08. The van der Waals surface area contributed by atoms with Crippen LogP contribution in [0, 0.1) is 0 Å². The molecular weight excluding hydrogens is 429 g/mol. The monoisotopic (exact) mass is 455 g/mol. The number of benzene rings is 1. The van der Waals surface area contributed by atoms with E-state index in [2.05, 4.69) is 14.8 Å². The van der Waals surface area contributed by atoms with E-state index < -0.39 is 36.0 Å². The van der Waals surface area contributed by atoms with Crippen molar-refractivity contribution in [2.24, 2.45) is 0 Å². The summed E-state index contributed by atoms with van der Waals surface area (Å²) < 4.78 is 17.1. The van der Waals surface area contributed by atoms with Crippen molar-refractivity contribution in [3.63, 3.8) is 0 Å². The quantitative estimate of drug-likeness (QED) is 0.498. The summed E-state index contributed by atoms with van der Waals surface area (Å²) in [6.45, 7) is 5.34. The Labute approximate surface area is 152 Å². The topological polar surface area (TPSA) is 65.1 Å². The fourth-order valence-electron chi connectivity index (χ4n) is 2.39. The number of anilines is 1. The molecule has 0 radical (unpaired) electrons. The van der Waals surface area contributed by atoms with Crippen molar-refractivity contribution in [2.75, 3.05) is 12.0 Å². The van der Waals surface area contributed by atoms with Crippen molar-refractivity contribution in [1.29, 1.82) is 0 Å². The van der Waals surface area contributed by atoms with Gasteiger partial charge in [-0.1, -0.05) is 0 Å². The second-order valence-corrected chi connectivity index (χ2v) is 21.9. The van der Waals surface area contributed by atoms with Crippen LogP contribution in [0.15, 0.2) is 33.7 Å². The average Bonchev–Trinajstić information content (AvgIpc) is 2.49. The Kier molecular flexibility index (Phi) is 5.41. The zero-order chi connectivity index (χ0) is 19.0. The van der Waals surface area contributed by atoms with Gasteiger partial charge in [-0.05, 0) is 0 Å². The number of nitrogens with zero attached hydrogens (tertiary/aromatic N) is 1. The molecule has 1 aromatic rings. The van der Waals surface area contributed by atoms with Crippen molar-refractivity contribution in [3.8, 4) is 5.75 Å². The Morgan fingerprint density at radius 1 is 1.12 bits per heavy atom. The van der Waals surface area contributed by atoms with E-state index in [4.69, 9.17) is 14.2 Å². The van der Waals surface area contributed by atoms with Crippen molar-refractivity contribution in [2.45, 2.75) is 41.2 Å². The average molecular weight is 454 g/mol. The zero-order valence-electron chi connectivity index (χ0n) is 15.8. The minimum atomic E-state index is -2.91. The third-order valence-corrected chi connectivity index (χ3v) is 8.25. The maximum absolute atomic E-state index is 12.9. The first-order valence-corrected chi connectivity index (χ1v) is 18.1. The number of carbonyl (C=O) groups is 2. The van der Waals surface area contributed by atoms with Crippen LogP contribution in [0.4, 0.5) is 10.5 Å². The van der Waals surface area contributed by atoms with Crippen LogP contribution in [-0.2, 0) is 14.3 Å². The standard InChI is InChI=1S/C15H16NO5.3CH3.Sn/c1-15(2,3)21-14(18)16-10-7-5-6-8-12(10)20-9-11(16)13(17)19-4;;;;/h5-8H,1-4H3;3*1H3;. The van der Waals surface area contributed by atoms with Gasteiger partial charge in [0.2, 0.25) is 0 Å². The maximum atomic E-state index is 12.9. The summed E-state index contributed by atoms with van der Waals surface area (Å²) in [6, 6.07) is 7.10. The molecule has 0 N–H and O–H groups in total. The van der Waals surface area contributed by atoms with E-state index in [0.717, 1.165) is 0 Å². The van der Waals surface area contributed by atoms with Gasteiger partial charge in [-0.25, -0.2) is 0 Å². The number of hydrogen-bond acceptors (Lipinski definition) is 5. The number of ether oxygens (including phenoxy) is 3. The molecule has 25 heavy (non-hydrogen) atoms. The van der Waals surface area contributed by atoms with Gasteiger partial charge in [-0.15, -0.1) is 0 Å². The van der Waals surface area contributed by atoms with Crippen LogP contribution in [-0.4, -0.2) is 43.2 Å². The molecule has 0 aromatic heterocycles. The number of rotatable bonds is 2. The molecule has 0 aliphatic carbocycles. The molecule has 0 saturated heterocycles. The summed E-state index contributed by atoms with van der Waals surface area (Å²) in [7, 11) is 1.29. The molecule has 1 heterocycles. The Morgan fingerprint density at radius 3 is 2.24 bits per heavy atom. The van der Waals surface area contributed by atoms with E-state index in [1.165, 1.54) is 12.0 Å². The Bertz CT molecular complexity index is 728. The summed E-state index contributed by atoms with van der Waals surface area (Å²) in [5.74, 6) is -0.0791. The third kappa shape index (κ3) is 4.29. The van der Waals surface area contributed by atoms with Crippen LogP contribution < -0.4 is 9.64 Å². The number of methoxy groups -OCH3 is 1. The van der Waals surface area contributed by atoms with Gasteiger partial charge in [0.25, 0.3) is 0 Å². The van der Waals surface area contributed by atoms with Gasteiger partial charge >= 0.3 is 153 Å². The molecule has 6 nitrogen and oxygen atoms in total. The molecule has 1 aromatic carbocycles. The van der Waals surface area contributed by atoms with Crippen molar-refractivity contribution in [3.05, 3.63) is 33.7 Å². The van der Waals surface area contributed by atoms with E-state index >= 15 is 0 Å². The van der Waals surface area contributed by atoms with Gasteiger partial charge in [0.05, 0.1) is 0 Å². The fourth-order valence-corrected chi connectivity index (χ4v) is 6.22. The summed E-state index contributed by atoms with van der Waals surface area (Å²) in [4.78, 5) is 33.0. The van der Waals surface area contributed by atoms with E-state index in [0.29, 0.717) is 15.2 Å². The number of hydrogen-bond donors (Lipinski definition) is 0. The predicted molar refractivity (Wildman–Crippen MR) is 98.2 cm³/mol. The molecule has 0 spiro atoms. The molecular formula is C18H25NO5Sn. The van der Waals surface area contributed by atoms with E-state index in [1.807, 2.05) is 6.07 Å². The van der Waals surface area contributed by atoms with Crippen molar-refractivity contribution < 1.29 is 23.8 Å². The Hall–Kier alpha value is -1.70. The summed E-state index contributed by atoms with van der Waals surface area (Å²) >= 11 is -2.91. The first-order chi connectivity index (χ1) is 11.5. The van der Waals surface area contributed by atoms with Gasteiger partial charge in [0, 0.05) is 0 Å². The number of para-hydroxylation sites is 2. The molecule has 1 aliphatic heterocycles. The number of fused-ring (bicyclic) bond motifs is 1. The second kappa shape index (κ2) is 6.90. The normalized spacial score (nSPS) is 14.6. The SMILES string of the molecule is COC(=O)C1=[C]([Sn]([CH3])([CH3])[CH3])Oc2ccccc2N1C(=O)OC(C)(C)C. The zero-order valence-corrected chi connectivity index (χ0v) is 18.7. The Balaban J connectivity index is 2.69. The summed E-state index contributed by atoms with van der Waals surface area (Å²) in [5, 5.41) is 0.